The molecule has 1 amide bonds. The molecule has 25 heavy (non-hydrogen) atoms. The summed E-state index contributed by atoms with van der Waals surface area (Å²) < 4.78 is 41.1. The molecule has 1 aromatic rings. The average Bonchev–Trinajstić information content (AvgIpc) is 3.03. The number of nitrogens with one attached hydrogen (secondary N) is 2. The summed E-state index contributed by atoms with van der Waals surface area (Å²) in [4.78, 5) is 12.8. The van der Waals surface area contributed by atoms with Crippen molar-refractivity contribution in [3.05, 3.63) is 29.8 Å². The number of halogens is 3. The van der Waals surface area contributed by atoms with Crippen molar-refractivity contribution in [3.8, 4) is 5.75 Å². The minimum atomic E-state index is -4.35. The van der Waals surface area contributed by atoms with E-state index in [4.69, 9.17) is 0 Å². The van der Waals surface area contributed by atoms with E-state index in [0.29, 0.717) is 12.5 Å². The minimum Gasteiger partial charge on any atom is -0.484 e. The molecule has 1 aliphatic heterocycles. The molecule has 0 unspecified atom stereocenters. The molecule has 0 aromatic heterocycles. The zero-order valence-electron chi connectivity index (χ0n) is 14.0. The Morgan fingerprint density at radius 3 is 2.76 bits per heavy atom. The van der Waals surface area contributed by atoms with Gasteiger partial charge in [0.2, 0.25) is 5.91 Å². The predicted octanol–water partition coefficient (Wildman–Crippen LogP) is 3.02. The highest BCUT2D eigenvalue weighted by molar-refractivity contribution is 5.83. The first-order valence-electron chi connectivity index (χ1n) is 8.67. The lowest BCUT2D eigenvalue weighted by atomic mass is 9.67. The van der Waals surface area contributed by atoms with Gasteiger partial charge < -0.3 is 15.4 Å². The van der Waals surface area contributed by atoms with Crippen LogP contribution in [-0.2, 0) is 11.3 Å². The van der Waals surface area contributed by atoms with Crippen LogP contribution in [0.1, 0.15) is 31.2 Å². The number of amides is 1. The van der Waals surface area contributed by atoms with E-state index in [9.17, 15) is 18.0 Å². The van der Waals surface area contributed by atoms with Gasteiger partial charge in [0.1, 0.15) is 5.75 Å². The van der Waals surface area contributed by atoms with Crippen LogP contribution in [0.3, 0.4) is 0 Å². The normalized spacial score (nSPS) is 26.1. The molecular weight excluding hydrogens is 333 g/mol. The predicted molar refractivity (Wildman–Crippen MR) is 87.1 cm³/mol. The molecule has 1 aliphatic carbocycles. The largest absolute Gasteiger partial charge is 0.484 e. The van der Waals surface area contributed by atoms with Crippen LogP contribution in [-0.4, -0.2) is 31.8 Å². The Morgan fingerprint density at radius 1 is 1.28 bits per heavy atom. The number of hydrogen-bond acceptors (Lipinski definition) is 3. The maximum Gasteiger partial charge on any atom is 0.422 e. The molecule has 1 saturated carbocycles. The lowest BCUT2D eigenvalue weighted by Crippen LogP contribution is -2.47. The van der Waals surface area contributed by atoms with Gasteiger partial charge in [0, 0.05) is 13.1 Å². The summed E-state index contributed by atoms with van der Waals surface area (Å²) in [5, 5.41) is 6.36. The van der Waals surface area contributed by atoms with Crippen molar-refractivity contribution in [2.75, 3.05) is 19.7 Å². The Hall–Kier alpha value is -1.76. The fraction of sp³-hybridized carbons (Fsp3) is 0.611. The Labute approximate surface area is 145 Å². The Balaban J connectivity index is 1.54. The number of carbonyl (C=O) groups is 1. The fourth-order valence-electron chi connectivity index (χ4n) is 3.92. The van der Waals surface area contributed by atoms with Crippen molar-refractivity contribution in [1.82, 2.24) is 10.6 Å². The molecule has 4 nitrogen and oxygen atoms in total. The molecule has 2 aliphatic rings. The SMILES string of the molecule is O=C(NCc1ccc(OCC(F)(F)F)cc1)[C@@]12CCCC[C@H]1CNC2. The molecule has 1 aromatic carbocycles. The molecule has 138 valence electrons. The lowest BCUT2D eigenvalue weighted by molar-refractivity contribution is -0.153. The number of ether oxygens (including phenoxy) is 1. The van der Waals surface area contributed by atoms with E-state index in [-0.39, 0.29) is 17.1 Å². The third kappa shape index (κ3) is 4.26. The van der Waals surface area contributed by atoms with Crippen molar-refractivity contribution in [2.24, 2.45) is 11.3 Å². The lowest BCUT2D eigenvalue weighted by Gasteiger charge is -2.37. The zero-order chi connectivity index (χ0) is 17.9. The second kappa shape index (κ2) is 7.23. The Morgan fingerprint density at radius 2 is 2.04 bits per heavy atom. The monoisotopic (exact) mass is 356 g/mol. The Kier molecular flexibility index (Phi) is 5.22. The van der Waals surface area contributed by atoms with Gasteiger partial charge in [0.15, 0.2) is 6.61 Å². The third-order valence-electron chi connectivity index (χ3n) is 5.27. The fourth-order valence-corrected chi connectivity index (χ4v) is 3.92. The molecule has 2 fully saturated rings. The van der Waals surface area contributed by atoms with Crippen LogP contribution in [0.5, 0.6) is 5.75 Å². The number of carbonyl (C=O) groups excluding carboxylic acids is 1. The molecule has 3 rings (SSSR count). The highest BCUT2D eigenvalue weighted by Crippen LogP contribution is 2.43. The Bertz CT molecular complexity index is 603. The van der Waals surface area contributed by atoms with E-state index < -0.39 is 12.8 Å². The molecule has 2 atom stereocenters. The summed E-state index contributed by atoms with van der Waals surface area (Å²) >= 11 is 0. The van der Waals surface area contributed by atoms with Gasteiger partial charge in [-0.05, 0) is 43.0 Å². The van der Waals surface area contributed by atoms with Gasteiger partial charge in [-0.25, -0.2) is 0 Å². The average molecular weight is 356 g/mol. The van der Waals surface area contributed by atoms with Gasteiger partial charge in [-0.2, -0.15) is 13.2 Å². The molecule has 2 N–H and O–H groups in total. The number of benzene rings is 1. The van der Waals surface area contributed by atoms with E-state index in [1.54, 1.807) is 12.1 Å². The van der Waals surface area contributed by atoms with Gasteiger partial charge >= 0.3 is 6.18 Å². The number of hydrogen-bond donors (Lipinski definition) is 2. The van der Waals surface area contributed by atoms with Crippen molar-refractivity contribution in [2.45, 2.75) is 38.4 Å². The van der Waals surface area contributed by atoms with Gasteiger partial charge in [0.05, 0.1) is 5.41 Å². The first-order valence-corrected chi connectivity index (χ1v) is 8.67. The molecular formula is C18H23F3N2O2. The minimum absolute atomic E-state index is 0.0830. The maximum absolute atomic E-state index is 12.8. The highest BCUT2D eigenvalue weighted by Gasteiger charge is 2.49. The summed E-state index contributed by atoms with van der Waals surface area (Å²) in [6.45, 7) is 0.694. The van der Waals surface area contributed by atoms with Crippen molar-refractivity contribution >= 4 is 5.91 Å². The standard InChI is InChI=1S/C18H23F3N2O2/c19-18(20,21)12-25-15-6-4-13(5-7-15)9-23-16(24)17-8-2-1-3-14(17)10-22-11-17/h4-7,14,22H,1-3,8-12H2,(H,23,24)/t14-,17+/m0/s1. The summed E-state index contributed by atoms with van der Waals surface area (Å²) in [5.74, 6) is 0.650. The van der Waals surface area contributed by atoms with Gasteiger partial charge in [-0.15, -0.1) is 0 Å². The molecule has 7 heteroatoms. The summed E-state index contributed by atoms with van der Waals surface area (Å²) in [6.07, 6.45) is -0.0816. The summed E-state index contributed by atoms with van der Waals surface area (Å²) in [5.41, 5.74) is 0.538. The van der Waals surface area contributed by atoms with E-state index >= 15 is 0 Å². The quantitative estimate of drug-likeness (QED) is 0.853. The van der Waals surface area contributed by atoms with Crippen molar-refractivity contribution in [1.29, 1.82) is 0 Å². The van der Waals surface area contributed by atoms with Crippen LogP contribution in [0.2, 0.25) is 0 Å². The molecule has 1 saturated heterocycles. The van der Waals surface area contributed by atoms with Crippen molar-refractivity contribution in [3.63, 3.8) is 0 Å². The number of fused-ring (bicyclic) bond motifs is 1. The van der Waals surface area contributed by atoms with Crippen LogP contribution in [0, 0.1) is 11.3 Å². The molecule has 1 heterocycles. The summed E-state index contributed by atoms with van der Waals surface area (Å²) in [7, 11) is 0. The van der Waals surface area contributed by atoms with E-state index in [1.165, 1.54) is 18.6 Å². The topological polar surface area (TPSA) is 50.4 Å². The van der Waals surface area contributed by atoms with Crippen molar-refractivity contribution < 1.29 is 22.7 Å². The molecule has 0 spiro atoms. The van der Waals surface area contributed by atoms with Crippen LogP contribution < -0.4 is 15.4 Å². The third-order valence-corrected chi connectivity index (χ3v) is 5.27. The zero-order valence-corrected chi connectivity index (χ0v) is 14.0. The summed E-state index contributed by atoms with van der Waals surface area (Å²) in [6, 6.07) is 6.34. The van der Waals surface area contributed by atoms with Crippen LogP contribution in [0.4, 0.5) is 13.2 Å². The van der Waals surface area contributed by atoms with E-state index in [1.807, 2.05) is 0 Å². The van der Waals surface area contributed by atoms with Crippen LogP contribution in [0.15, 0.2) is 24.3 Å². The highest BCUT2D eigenvalue weighted by atomic mass is 19.4. The van der Waals surface area contributed by atoms with Crippen LogP contribution >= 0.6 is 0 Å². The number of rotatable bonds is 5. The first kappa shape index (κ1) is 18.0. The molecule has 0 radical (unpaired) electrons. The maximum atomic E-state index is 12.8. The number of alkyl halides is 3. The first-order chi connectivity index (χ1) is 11.9. The van der Waals surface area contributed by atoms with E-state index in [2.05, 4.69) is 15.4 Å². The second-order valence-corrected chi connectivity index (χ2v) is 6.96. The van der Waals surface area contributed by atoms with Gasteiger partial charge in [0.25, 0.3) is 0 Å². The van der Waals surface area contributed by atoms with Gasteiger partial charge in [-0.1, -0.05) is 25.0 Å². The smallest absolute Gasteiger partial charge is 0.422 e. The van der Waals surface area contributed by atoms with E-state index in [0.717, 1.165) is 37.9 Å². The van der Waals surface area contributed by atoms with Crippen LogP contribution in [0.25, 0.3) is 0 Å². The molecule has 0 bridgehead atoms. The second-order valence-electron chi connectivity index (χ2n) is 6.96. The van der Waals surface area contributed by atoms with Gasteiger partial charge in [-0.3, -0.25) is 4.79 Å².